The molecule has 0 unspecified atom stereocenters. The van der Waals surface area contributed by atoms with Gasteiger partial charge in [-0.25, -0.2) is 4.79 Å². The maximum atomic E-state index is 10.9. The molecule has 2 aliphatic rings. The van der Waals surface area contributed by atoms with E-state index >= 15 is 0 Å². The zero-order valence-corrected chi connectivity index (χ0v) is 7.66. The van der Waals surface area contributed by atoms with Crippen molar-refractivity contribution in [3.8, 4) is 0 Å². The van der Waals surface area contributed by atoms with Crippen LogP contribution in [0.5, 0.6) is 0 Å². The fourth-order valence-electron chi connectivity index (χ4n) is 2.40. The van der Waals surface area contributed by atoms with Crippen LogP contribution >= 0.6 is 0 Å². The molecule has 1 saturated heterocycles. The Labute approximate surface area is 77.5 Å². The highest BCUT2D eigenvalue weighted by atomic mass is 16.5. The van der Waals surface area contributed by atoms with Gasteiger partial charge in [0.05, 0.1) is 13.2 Å². The van der Waals surface area contributed by atoms with Crippen LogP contribution in [0.2, 0.25) is 0 Å². The summed E-state index contributed by atoms with van der Waals surface area (Å²) >= 11 is 0. The first kappa shape index (κ1) is 8.81. The molecule has 2 rings (SSSR count). The van der Waals surface area contributed by atoms with E-state index < -0.39 is 11.8 Å². The smallest absolute Gasteiger partial charge is 0.409 e. The van der Waals surface area contributed by atoms with Crippen molar-refractivity contribution in [2.45, 2.75) is 37.8 Å². The molecule has 0 atom stereocenters. The fraction of sp³-hybridized carbons (Fsp3) is 0.889. The molecule has 1 saturated carbocycles. The molecule has 0 aromatic carbocycles. The molecule has 74 valence electrons. The van der Waals surface area contributed by atoms with Gasteiger partial charge in [-0.05, 0) is 25.7 Å². The second-order valence-electron chi connectivity index (χ2n) is 3.79. The molecule has 2 fully saturated rings. The van der Waals surface area contributed by atoms with Gasteiger partial charge in [-0.15, -0.1) is 0 Å². The maximum absolute atomic E-state index is 10.9. The summed E-state index contributed by atoms with van der Waals surface area (Å²) in [5.74, 6) is 0. The number of hydrogen-bond acceptors (Lipinski definition) is 2. The van der Waals surface area contributed by atoms with Gasteiger partial charge in [-0.2, -0.15) is 0 Å². The lowest BCUT2D eigenvalue weighted by Gasteiger charge is -2.38. The molecule has 1 spiro atoms. The quantitative estimate of drug-likeness (QED) is 0.624. The summed E-state index contributed by atoms with van der Waals surface area (Å²) in [5, 5.41) is 8.98. The lowest BCUT2D eigenvalue weighted by molar-refractivity contribution is -0.0947. The Kier molecular flexibility index (Phi) is 2.15. The number of carboxylic acid groups (broad SMARTS) is 1. The third-order valence-electron chi connectivity index (χ3n) is 3.04. The summed E-state index contributed by atoms with van der Waals surface area (Å²) in [4.78, 5) is 12.4. The van der Waals surface area contributed by atoms with E-state index in [1.807, 2.05) is 0 Å². The van der Waals surface area contributed by atoms with Crippen molar-refractivity contribution < 1.29 is 14.6 Å². The number of rotatable bonds is 0. The zero-order chi connectivity index (χ0) is 9.31. The molecule has 4 nitrogen and oxygen atoms in total. The molecule has 4 heteroatoms. The molecule has 0 bridgehead atoms. The van der Waals surface area contributed by atoms with Crippen LogP contribution in [0.1, 0.15) is 32.1 Å². The minimum atomic E-state index is -0.834. The minimum absolute atomic E-state index is 0.454. The Morgan fingerprint density at radius 2 is 2.00 bits per heavy atom. The van der Waals surface area contributed by atoms with Crippen molar-refractivity contribution in [1.29, 1.82) is 0 Å². The fourth-order valence-corrected chi connectivity index (χ4v) is 2.40. The number of carbonyl (C=O) groups is 1. The first-order chi connectivity index (χ1) is 6.25. The van der Waals surface area contributed by atoms with Crippen molar-refractivity contribution in [2.24, 2.45) is 0 Å². The standard InChI is InChI=1S/C9H15NO3/c11-8(12)10-6-7-13-9(10)4-2-1-3-5-9/h1-7H2,(H,11,12). The summed E-state index contributed by atoms with van der Waals surface area (Å²) in [6, 6.07) is 0. The summed E-state index contributed by atoms with van der Waals surface area (Å²) in [7, 11) is 0. The van der Waals surface area contributed by atoms with Crippen LogP contribution in [-0.2, 0) is 4.74 Å². The number of hydrogen-bond donors (Lipinski definition) is 1. The van der Waals surface area contributed by atoms with Crippen LogP contribution in [0, 0.1) is 0 Å². The summed E-state index contributed by atoms with van der Waals surface area (Å²) in [6.07, 6.45) is 4.30. The van der Waals surface area contributed by atoms with Crippen LogP contribution in [0.15, 0.2) is 0 Å². The molecule has 1 heterocycles. The topological polar surface area (TPSA) is 49.8 Å². The number of nitrogens with zero attached hydrogens (tertiary/aromatic N) is 1. The van der Waals surface area contributed by atoms with Gasteiger partial charge in [0.25, 0.3) is 0 Å². The predicted octanol–water partition coefficient (Wildman–Crippen LogP) is 1.66. The van der Waals surface area contributed by atoms with Crippen LogP contribution in [0.4, 0.5) is 4.79 Å². The van der Waals surface area contributed by atoms with Gasteiger partial charge in [0.1, 0.15) is 5.72 Å². The van der Waals surface area contributed by atoms with Crippen molar-refractivity contribution in [3.63, 3.8) is 0 Å². The average molecular weight is 185 g/mol. The summed E-state index contributed by atoms with van der Waals surface area (Å²) in [6.45, 7) is 1.10. The summed E-state index contributed by atoms with van der Waals surface area (Å²) in [5.41, 5.74) is -0.454. The van der Waals surface area contributed by atoms with Crippen LogP contribution in [0.25, 0.3) is 0 Å². The third kappa shape index (κ3) is 1.39. The van der Waals surface area contributed by atoms with Gasteiger partial charge in [0, 0.05) is 0 Å². The lowest BCUT2D eigenvalue weighted by atomic mass is 9.91. The van der Waals surface area contributed by atoms with E-state index in [4.69, 9.17) is 9.84 Å². The first-order valence-corrected chi connectivity index (χ1v) is 4.89. The molecular weight excluding hydrogens is 170 g/mol. The lowest BCUT2D eigenvalue weighted by Crippen LogP contribution is -2.48. The minimum Gasteiger partial charge on any atom is -0.465 e. The van der Waals surface area contributed by atoms with E-state index in [1.54, 1.807) is 0 Å². The molecule has 1 N–H and O–H groups in total. The van der Waals surface area contributed by atoms with Gasteiger partial charge < -0.3 is 9.84 Å². The van der Waals surface area contributed by atoms with E-state index in [0.29, 0.717) is 13.2 Å². The van der Waals surface area contributed by atoms with Crippen molar-refractivity contribution in [2.75, 3.05) is 13.2 Å². The molecule has 0 aromatic heterocycles. The highest BCUT2D eigenvalue weighted by molar-refractivity contribution is 5.66. The van der Waals surface area contributed by atoms with E-state index in [-0.39, 0.29) is 0 Å². The highest BCUT2D eigenvalue weighted by Gasteiger charge is 2.45. The van der Waals surface area contributed by atoms with Gasteiger partial charge in [0.2, 0.25) is 0 Å². The Balaban J connectivity index is 2.13. The van der Waals surface area contributed by atoms with E-state index in [9.17, 15) is 4.79 Å². The first-order valence-electron chi connectivity index (χ1n) is 4.89. The van der Waals surface area contributed by atoms with E-state index in [1.165, 1.54) is 11.3 Å². The molecule has 0 aromatic rings. The Hall–Kier alpha value is -0.770. The average Bonchev–Trinajstić information content (AvgIpc) is 2.50. The Bertz CT molecular complexity index is 211. The molecule has 13 heavy (non-hydrogen) atoms. The van der Waals surface area contributed by atoms with E-state index in [0.717, 1.165) is 25.7 Å². The molecule has 1 aliphatic heterocycles. The van der Waals surface area contributed by atoms with Crippen molar-refractivity contribution in [3.05, 3.63) is 0 Å². The Morgan fingerprint density at radius 3 is 2.62 bits per heavy atom. The van der Waals surface area contributed by atoms with Crippen molar-refractivity contribution in [1.82, 2.24) is 4.90 Å². The molecule has 1 amide bonds. The van der Waals surface area contributed by atoms with Gasteiger partial charge >= 0.3 is 6.09 Å². The number of amides is 1. The molecule has 1 aliphatic carbocycles. The summed E-state index contributed by atoms with van der Waals surface area (Å²) < 4.78 is 5.60. The Morgan fingerprint density at radius 1 is 1.31 bits per heavy atom. The second kappa shape index (κ2) is 3.18. The third-order valence-corrected chi connectivity index (χ3v) is 3.04. The second-order valence-corrected chi connectivity index (χ2v) is 3.79. The highest BCUT2D eigenvalue weighted by Crippen LogP contribution is 2.37. The SMILES string of the molecule is O=C(O)N1CCOC12CCCCC2. The van der Waals surface area contributed by atoms with E-state index in [2.05, 4.69) is 0 Å². The molecule has 0 radical (unpaired) electrons. The monoisotopic (exact) mass is 185 g/mol. The van der Waals surface area contributed by atoms with Crippen LogP contribution in [0.3, 0.4) is 0 Å². The van der Waals surface area contributed by atoms with Gasteiger partial charge in [0.15, 0.2) is 0 Å². The number of ether oxygens (including phenoxy) is 1. The predicted molar refractivity (Wildman–Crippen MR) is 46.5 cm³/mol. The molecular formula is C9H15NO3. The van der Waals surface area contributed by atoms with Gasteiger partial charge in [-0.1, -0.05) is 6.42 Å². The normalized spacial score (nSPS) is 26.6. The largest absolute Gasteiger partial charge is 0.465 e. The maximum Gasteiger partial charge on any atom is 0.409 e. The van der Waals surface area contributed by atoms with Crippen LogP contribution < -0.4 is 0 Å². The van der Waals surface area contributed by atoms with Gasteiger partial charge in [-0.3, -0.25) is 4.90 Å². The van der Waals surface area contributed by atoms with Crippen molar-refractivity contribution >= 4 is 6.09 Å². The zero-order valence-electron chi connectivity index (χ0n) is 7.66. The van der Waals surface area contributed by atoms with Crippen LogP contribution in [-0.4, -0.2) is 35.0 Å².